The highest BCUT2D eigenvalue weighted by atomic mass is 19.3. The Bertz CT molecular complexity index is 648. The maximum atomic E-state index is 12.6. The molecule has 1 aromatic rings. The summed E-state index contributed by atoms with van der Waals surface area (Å²) in [6.45, 7) is -3.62. The SMILES string of the molecule is COc1cccc(NC2=CC(=O)N(CCO)C2=O)c1OC(F)F. The summed E-state index contributed by atoms with van der Waals surface area (Å²) in [5, 5.41) is 11.4. The molecule has 0 fully saturated rings. The zero-order valence-electron chi connectivity index (χ0n) is 12.1. The van der Waals surface area contributed by atoms with Gasteiger partial charge in [0.15, 0.2) is 11.5 Å². The highest BCUT2D eigenvalue weighted by molar-refractivity contribution is 6.17. The lowest BCUT2D eigenvalue weighted by Crippen LogP contribution is -2.34. The Morgan fingerprint density at radius 2 is 2.09 bits per heavy atom. The topological polar surface area (TPSA) is 88.1 Å². The van der Waals surface area contributed by atoms with Gasteiger partial charge in [-0.2, -0.15) is 8.78 Å². The summed E-state index contributed by atoms with van der Waals surface area (Å²) in [5.74, 6) is -1.52. The molecule has 0 bridgehead atoms. The molecule has 0 saturated carbocycles. The number of aliphatic hydroxyl groups excluding tert-OH is 1. The van der Waals surface area contributed by atoms with Gasteiger partial charge in [-0.25, -0.2) is 0 Å². The number of amides is 2. The molecular formula is C14H14F2N2O5. The number of ether oxygens (including phenoxy) is 2. The van der Waals surface area contributed by atoms with E-state index in [9.17, 15) is 18.4 Å². The van der Waals surface area contributed by atoms with Crippen LogP contribution in [-0.4, -0.2) is 48.7 Å². The van der Waals surface area contributed by atoms with E-state index in [-0.39, 0.29) is 36.0 Å². The minimum atomic E-state index is -3.09. The van der Waals surface area contributed by atoms with E-state index in [0.29, 0.717) is 0 Å². The first-order chi connectivity index (χ1) is 11.0. The summed E-state index contributed by atoms with van der Waals surface area (Å²) in [7, 11) is 1.28. The van der Waals surface area contributed by atoms with Crippen molar-refractivity contribution in [3.63, 3.8) is 0 Å². The molecule has 2 rings (SSSR count). The highest BCUT2D eigenvalue weighted by Gasteiger charge is 2.31. The summed E-state index contributed by atoms with van der Waals surface area (Å²) < 4.78 is 34.5. The van der Waals surface area contributed by atoms with Crippen LogP contribution in [0.1, 0.15) is 0 Å². The number of nitrogens with zero attached hydrogens (tertiary/aromatic N) is 1. The molecule has 1 aliphatic heterocycles. The lowest BCUT2D eigenvalue weighted by atomic mass is 10.2. The van der Waals surface area contributed by atoms with Crippen LogP contribution in [0, 0.1) is 0 Å². The van der Waals surface area contributed by atoms with Crippen LogP contribution in [-0.2, 0) is 9.59 Å². The molecule has 0 saturated heterocycles. The van der Waals surface area contributed by atoms with Crippen LogP contribution in [0.4, 0.5) is 14.5 Å². The zero-order valence-corrected chi connectivity index (χ0v) is 12.1. The second-order valence-corrected chi connectivity index (χ2v) is 4.42. The van der Waals surface area contributed by atoms with Crippen molar-refractivity contribution < 1.29 is 33.0 Å². The zero-order chi connectivity index (χ0) is 17.0. The van der Waals surface area contributed by atoms with E-state index in [1.807, 2.05) is 0 Å². The maximum Gasteiger partial charge on any atom is 0.387 e. The molecule has 23 heavy (non-hydrogen) atoms. The number of hydrogen-bond donors (Lipinski definition) is 2. The van der Waals surface area contributed by atoms with Crippen molar-refractivity contribution in [2.75, 3.05) is 25.6 Å². The number of carbonyl (C=O) groups excluding carboxylic acids is 2. The number of aliphatic hydroxyl groups is 1. The number of para-hydroxylation sites is 1. The fourth-order valence-corrected chi connectivity index (χ4v) is 2.04. The first-order valence-electron chi connectivity index (χ1n) is 6.55. The fraction of sp³-hybridized carbons (Fsp3) is 0.286. The molecule has 0 aliphatic carbocycles. The molecule has 0 unspecified atom stereocenters. The number of imide groups is 1. The van der Waals surface area contributed by atoms with Crippen LogP contribution in [0.3, 0.4) is 0 Å². The first-order valence-corrected chi connectivity index (χ1v) is 6.55. The molecular weight excluding hydrogens is 314 g/mol. The standard InChI is InChI=1S/C14H14F2N2O5/c1-22-10-4-2-3-8(12(10)23-14(15)16)17-9-7-11(20)18(5-6-19)13(9)21/h2-4,7,14,17,19H,5-6H2,1H3. The molecule has 2 N–H and O–H groups in total. The molecule has 7 nitrogen and oxygen atoms in total. The summed E-state index contributed by atoms with van der Waals surface area (Å²) in [4.78, 5) is 24.5. The largest absolute Gasteiger partial charge is 0.493 e. The molecule has 2 amide bonds. The number of β-amino-alcohol motifs (C(OH)–C–C–N with tert-alkyl or cyclic N) is 1. The number of alkyl halides is 2. The second kappa shape index (κ2) is 7.05. The van der Waals surface area contributed by atoms with E-state index in [2.05, 4.69) is 10.1 Å². The third kappa shape index (κ3) is 3.57. The molecule has 0 atom stereocenters. The Labute approximate surface area is 130 Å². The second-order valence-electron chi connectivity index (χ2n) is 4.42. The van der Waals surface area contributed by atoms with Gasteiger partial charge in [-0.05, 0) is 12.1 Å². The van der Waals surface area contributed by atoms with E-state index < -0.39 is 18.4 Å². The van der Waals surface area contributed by atoms with Gasteiger partial charge < -0.3 is 19.9 Å². The Morgan fingerprint density at radius 3 is 2.70 bits per heavy atom. The minimum absolute atomic E-state index is 0.0416. The summed E-state index contributed by atoms with van der Waals surface area (Å²) in [6.07, 6.45) is 1.02. The van der Waals surface area contributed by atoms with E-state index in [0.717, 1.165) is 11.0 Å². The van der Waals surface area contributed by atoms with E-state index in [1.54, 1.807) is 0 Å². The van der Waals surface area contributed by atoms with Crippen molar-refractivity contribution in [3.8, 4) is 11.5 Å². The Hall–Kier alpha value is -2.68. The van der Waals surface area contributed by atoms with Crippen molar-refractivity contribution in [2.24, 2.45) is 0 Å². The van der Waals surface area contributed by atoms with Crippen LogP contribution in [0.15, 0.2) is 30.0 Å². The predicted molar refractivity (Wildman–Crippen MR) is 75.1 cm³/mol. The van der Waals surface area contributed by atoms with Crippen molar-refractivity contribution >= 4 is 17.5 Å². The van der Waals surface area contributed by atoms with Gasteiger partial charge in [0.05, 0.1) is 25.9 Å². The third-order valence-corrected chi connectivity index (χ3v) is 3.01. The molecule has 1 aromatic carbocycles. The number of rotatable bonds is 7. The number of nitrogens with one attached hydrogen (secondary N) is 1. The Balaban J connectivity index is 2.28. The molecule has 124 valence electrons. The van der Waals surface area contributed by atoms with Crippen LogP contribution in [0.2, 0.25) is 0 Å². The van der Waals surface area contributed by atoms with Gasteiger partial charge in [0.2, 0.25) is 0 Å². The number of benzene rings is 1. The Morgan fingerprint density at radius 1 is 1.35 bits per heavy atom. The monoisotopic (exact) mass is 328 g/mol. The van der Waals surface area contributed by atoms with Crippen LogP contribution in [0.5, 0.6) is 11.5 Å². The highest BCUT2D eigenvalue weighted by Crippen LogP contribution is 2.37. The summed E-state index contributed by atoms with van der Waals surface area (Å²) in [5.41, 5.74) is -0.0706. The summed E-state index contributed by atoms with van der Waals surface area (Å²) in [6, 6.07) is 4.32. The molecule has 1 heterocycles. The number of hydrogen-bond acceptors (Lipinski definition) is 6. The Kier molecular flexibility index (Phi) is 5.12. The molecule has 0 spiro atoms. The van der Waals surface area contributed by atoms with Crippen LogP contribution >= 0.6 is 0 Å². The van der Waals surface area contributed by atoms with E-state index in [4.69, 9.17) is 9.84 Å². The van der Waals surface area contributed by atoms with Crippen molar-refractivity contribution in [2.45, 2.75) is 6.61 Å². The van der Waals surface area contributed by atoms with Crippen molar-refractivity contribution in [1.29, 1.82) is 0 Å². The van der Waals surface area contributed by atoms with Crippen LogP contribution in [0.25, 0.3) is 0 Å². The number of carbonyl (C=O) groups is 2. The minimum Gasteiger partial charge on any atom is -0.493 e. The van der Waals surface area contributed by atoms with Crippen molar-refractivity contribution in [3.05, 3.63) is 30.0 Å². The van der Waals surface area contributed by atoms with Gasteiger partial charge in [-0.1, -0.05) is 6.07 Å². The lowest BCUT2D eigenvalue weighted by Gasteiger charge is -2.17. The number of anilines is 1. The van der Waals surface area contributed by atoms with Gasteiger partial charge in [-0.3, -0.25) is 14.5 Å². The van der Waals surface area contributed by atoms with Gasteiger partial charge >= 0.3 is 6.61 Å². The third-order valence-electron chi connectivity index (χ3n) is 3.01. The van der Waals surface area contributed by atoms with Gasteiger partial charge in [-0.15, -0.1) is 0 Å². The van der Waals surface area contributed by atoms with Gasteiger partial charge in [0.25, 0.3) is 11.8 Å². The fourth-order valence-electron chi connectivity index (χ4n) is 2.04. The number of methoxy groups -OCH3 is 1. The number of halogens is 2. The smallest absolute Gasteiger partial charge is 0.387 e. The molecule has 9 heteroatoms. The quantitative estimate of drug-likeness (QED) is 0.725. The van der Waals surface area contributed by atoms with E-state index >= 15 is 0 Å². The first kappa shape index (κ1) is 16.7. The van der Waals surface area contributed by atoms with Gasteiger partial charge in [0, 0.05) is 6.08 Å². The van der Waals surface area contributed by atoms with Gasteiger partial charge in [0.1, 0.15) is 5.70 Å². The average molecular weight is 328 g/mol. The maximum absolute atomic E-state index is 12.6. The molecule has 0 aromatic heterocycles. The summed E-state index contributed by atoms with van der Waals surface area (Å²) >= 11 is 0. The average Bonchev–Trinajstić information content (AvgIpc) is 2.76. The van der Waals surface area contributed by atoms with E-state index in [1.165, 1.54) is 25.3 Å². The lowest BCUT2D eigenvalue weighted by molar-refractivity contribution is -0.137. The van der Waals surface area contributed by atoms with Crippen molar-refractivity contribution in [1.82, 2.24) is 4.90 Å². The molecule has 0 radical (unpaired) electrons. The normalized spacial score (nSPS) is 14.3. The molecule has 1 aliphatic rings. The predicted octanol–water partition coefficient (Wildman–Crippen LogP) is 0.953. The van der Waals surface area contributed by atoms with Crippen LogP contribution < -0.4 is 14.8 Å².